The molecule has 156 valence electrons. The first kappa shape index (κ1) is 22.0. The van der Waals surface area contributed by atoms with Gasteiger partial charge in [0.1, 0.15) is 0 Å². The van der Waals surface area contributed by atoms with Gasteiger partial charge in [0.25, 0.3) is 5.56 Å². The van der Waals surface area contributed by atoms with E-state index in [1.165, 1.54) is 11.8 Å². The zero-order valence-electron chi connectivity index (χ0n) is 16.9. The Hall–Kier alpha value is -1.71. The molecule has 0 radical (unpaired) electrons. The number of hydrogen-bond acceptors (Lipinski definition) is 7. The second-order valence-electron chi connectivity index (χ2n) is 6.62. The van der Waals surface area contributed by atoms with Crippen LogP contribution in [0.3, 0.4) is 0 Å². The molecule has 3 aromatic rings. The zero-order valence-corrected chi connectivity index (χ0v) is 19.3. The zero-order chi connectivity index (χ0) is 20.8. The first-order valence-corrected chi connectivity index (χ1v) is 11.5. The molecule has 3 rings (SSSR count). The molecule has 0 N–H and O–H groups in total. The van der Waals surface area contributed by atoms with Crippen LogP contribution in [0.25, 0.3) is 10.9 Å². The number of thioether (sulfide) groups is 1. The van der Waals surface area contributed by atoms with Gasteiger partial charge in [-0.2, -0.15) is 4.98 Å². The number of benzene rings is 1. The van der Waals surface area contributed by atoms with Crippen LogP contribution in [-0.4, -0.2) is 32.9 Å². The van der Waals surface area contributed by atoms with Crippen molar-refractivity contribution in [2.45, 2.75) is 57.0 Å². The molecule has 0 aliphatic carbocycles. The van der Waals surface area contributed by atoms with Crippen molar-refractivity contribution in [3.05, 3.63) is 44.7 Å². The molecule has 7 nitrogen and oxygen atoms in total. The van der Waals surface area contributed by atoms with Gasteiger partial charge in [0, 0.05) is 30.7 Å². The smallest absolute Gasteiger partial charge is 0.262 e. The molecular weight excluding hydrogens is 456 g/mol. The first-order chi connectivity index (χ1) is 14.0. The summed E-state index contributed by atoms with van der Waals surface area (Å²) in [5, 5.41) is 5.14. The molecule has 1 atom stereocenters. The molecule has 0 aliphatic rings. The van der Waals surface area contributed by atoms with Crippen molar-refractivity contribution in [1.29, 1.82) is 0 Å². The highest BCUT2D eigenvalue weighted by molar-refractivity contribution is 9.10. The molecule has 1 aromatic carbocycles. The third-order valence-corrected chi connectivity index (χ3v) is 5.91. The van der Waals surface area contributed by atoms with E-state index in [4.69, 9.17) is 14.2 Å². The average Bonchev–Trinajstić information content (AvgIpc) is 3.17. The van der Waals surface area contributed by atoms with Gasteiger partial charge in [-0.05, 0) is 44.9 Å². The first-order valence-electron chi connectivity index (χ1n) is 9.80. The number of halogens is 1. The quantitative estimate of drug-likeness (QED) is 0.234. The Labute approximate surface area is 182 Å². The maximum absolute atomic E-state index is 13.2. The lowest BCUT2D eigenvalue weighted by atomic mass is 10.2. The lowest BCUT2D eigenvalue weighted by Crippen LogP contribution is -2.24. The molecule has 1 unspecified atom stereocenters. The number of aromatic nitrogens is 4. The second kappa shape index (κ2) is 10.4. The van der Waals surface area contributed by atoms with Crippen LogP contribution in [-0.2, 0) is 17.7 Å². The van der Waals surface area contributed by atoms with Crippen molar-refractivity contribution in [3.8, 4) is 0 Å². The average molecular weight is 481 g/mol. The maximum atomic E-state index is 13.2. The van der Waals surface area contributed by atoms with Crippen LogP contribution in [0, 0.1) is 0 Å². The Kier molecular flexibility index (Phi) is 7.85. The van der Waals surface area contributed by atoms with E-state index < -0.39 is 0 Å². The molecule has 0 bridgehead atoms. The molecule has 0 aliphatic heterocycles. The highest BCUT2D eigenvalue weighted by Crippen LogP contribution is 2.33. The van der Waals surface area contributed by atoms with Crippen LogP contribution in [0.15, 0.2) is 37.1 Å². The number of ether oxygens (including phenoxy) is 1. The van der Waals surface area contributed by atoms with Gasteiger partial charge >= 0.3 is 0 Å². The number of nitrogens with zero attached hydrogens (tertiary/aromatic N) is 4. The molecule has 0 saturated heterocycles. The molecule has 2 heterocycles. The van der Waals surface area contributed by atoms with Crippen molar-refractivity contribution in [3.63, 3.8) is 0 Å². The van der Waals surface area contributed by atoms with E-state index in [1.54, 1.807) is 4.57 Å². The van der Waals surface area contributed by atoms with Gasteiger partial charge in [-0.3, -0.25) is 9.36 Å². The summed E-state index contributed by atoms with van der Waals surface area (Å²) in [5.41, 5.74) is 0.617. The Morgan fingerprint density at radius 1 is 1.31 bits per heavy atom. The number of fused-ring (bicyclic) bond motifs is 1. The van der Waals surface area contributed by atoms with Crippen LogP contribution in [0.2, 0.25) is 0 Å². The van der Waals surface area contributed by atoms with Crippen molar-refractivity contribution in [1.82, 2.24) is 19.7 Å². The van der Waals surface area contributed by atoms with Gasteiger partial charge in [-0.25, -0.2) is 4.98 Å². The van der Waals surface area contributed by atoms with Crippen LogP contribution in [0.5, 0.6) is 0 Å². The minimum Gasteiger partial charge on any atom is -0.382 e. The topological polar surface area (TPSA) is 83.0 Å². The van der Waals surface area contributed by atoms with E-state index in [2.05, 4.69) is 33.0 Å². The van der Waals surface area contributed by atoms with Crippen molar-refractivity contribution in [2.24, 2.45) is 0 Å². The standard InChI is InChI=1S/C20H25BrN4O3S/c1-4-7-17-23-18(28-24-17)13(3)29-20-22-16-9-8-14(21)12-15(16)19(26)25(20)10-6-11-27-5-2/h8-9,12-13H,4-7,10-11H2,1-3H3. The van der Waals surface area contributed by atoms with E-state index in [0.29, 0.717) is 47.5 Å². The molecule has 0 amide bonds. The molecule has 9 heteroatoms. The lowest BCUT2D eigenvalue weighted by Gasteiger charge is -2.15. The Morgan fingerprint density at radius 2 is 2.14 bits per heavy atom. The Bertz CT molecular complexity index is 1020. The van der Waals surface area contributed by atoms with Gasteiger partial charge < -0.3 is 9.26 Å². The van der Waals surface area contributed by atoms with Gasteiger partial charge in [-0.1, -0.05) is 39.8 Å². The van der Waals surface area contributed by atoms with Crippen molar-refractivity contribution >= 4 is 38.6 Å². The summed E-state index contributed by atoms with van der Waals surface area (Å²) in [4.78, 5) is 22.4. The van der Waals surface area contributed by atoms with E-state index >= 15 is 0 Å². The number of rotatable bonds is 10. The molecule has 0 saturated carbocycles. The molecular formula is C20H25BrN4O3S. The normalized spacial score (nSPS) is 12.6. The Morgan fingerprint density at radius 3 is 2.90 bits per heavy atom. The molecule has 0 fully saturated rings. The summed E-state index contributed by atoms with van der Waals surface area (Å²) in [6.07, 6.45) is 2.48. The van der Waals surface area contributed by atoms with Gasteiger partial charge in [0.15, 0.2) is 11.0 Å². The number of aryl methyl sites for hydroxylation is 1. The van der Waals surface area contributed by atoms with Crippen LogP contribution < -0.4 is 5.56 Å². The van der Waals surface area contributed by atoms with Crippen LogP contribution in [0.1, 0.15) is 50.6 Å². The third kappa shape index (κ3) is 5.46. The summed E-state index contributed by atoms with van der Waals surface area (Å²) in [7, 11) is 0. The summed E-state index contributed by atoms with van der Waals surface area (Å²) in [6.45, 7) is 7.81. The fourth-order valence-electron chi connectivity index (χ4n) is 2.90. The summed E-state index contributed by atoms with van der Waals surface area (Å²) < 4.78 is 13.4. The van der Waals surface area contributed by atoms with Crippen LogP contribution >= 0.6 is 27.7 Å². The van der Waals surface area contributed by atoms with Gasteiger partial charge in [0.2, 0.25) is 5.89 Å². The molecule has 2 aromatic heterocycles. The van der Waals surface area contributed by atoms with E-state index in [0.717, 1.165) is 23.7 Å². The minimum absolute atomic E-state index is 0.0558. The lowest BCUT2D eigenvalue weighted by molar-refractivity contribution is 0.140. The predicted molar refractivity (Wildman–Crippen MR) is 117 cm³/mol. The third-order valence-electron chi connectivity index (χ3n) is 4.34. The second-order valence-corrected chi connectivity index (χ2v) is 8.85. The van der Waals surface area contributed by atoms with E-state index in [-0.39, 0.29) is 10.8 Å². The maximum Gasteiger partial charge on any atom is 0.262 e. The van der Waals surface area contributed by atoms with E-state index in [1.807, 2.05) is 32.0 Å². The SMILES string of the molecule is CCCc1noc(C(C)Sc2nc3ccc(Br)cc3c(=O)n2CCCOCC)n1. The van der Waals surface area contributed by atoms with E-state index in [9.17, 15) is 4.79 Å². The van der Waals surface area contributed by atoms with Gasteiger partial charge in [-0.15, -0.1) is 0 Å². The largest absolute Gasteiger partial charge is 0.382 e. The Balaban J connectivity index is 1.92. The van der Waals surface area contributed by atoms with Crippen LogP contribution in [0.4, 0.5) is 0 Å². The summed E-state index contributed by atoms with van der Waals surface area (Å²) in [5.74, 6) is 1.25. The van der Waals surface area contributed by atoms with Crippen molar-refractivity contribution < 1.29 is 9.26 Å². The summed E-state index contributed by atoms with van der Waals surface area (Å²) in [6, 6.07) is 5.56. The highest BCUT2D eigenvalue weighted by Gasteiger charge is 2.20. The molecule has 0 spiro atoms. The summed E-state index contributed by atoms with van der Waals surface area (Å²) >= 11 is 4.89. The van der Waals surface area contributed by atoms with Crippen molar-refractivity contribution in [2.75, 3.05) is 13.2 Å². The monoisotopic (exact) mass is 480 g/mol. The number of hydrogen-bond donors (Lipinski definition) is 0. The van der Waals surface area contributed by atoms with Gasteiger partial charge in [0.05, 0.1) is 16.2 Å². The fourth-order valence-corrected chi connectivity index (χ4v) is 4.22. The molecule has 29 heavy (non-hydrogen) atoms. The highest BCUT2D eigenvalue weighted by atomic mass is 79.9. The predicted octanol–water partition coefficient (Wildman–Crippen LogP) is 4.77. The fraction of sp³-hybridized carbons (Fsp3) is 0.500. The minimum atomic E-state index is -0.119.